The first-order chi connectivity index (χ1) is 12.8. The van der Waals surface area contributed by atoms with Gasteiger partial charge >= 0.3 is 11.7 Å². The fourth-order valence-corrected chi connectivity index (χ4v) is 2.27. The van der Waals surface area contributed by atoms with Gasteiger partial charge in [0.15, 0.2) is 0 Å². The van der Waals surface area contributed by atoms with Gasteiger partial charge in [-0.1, -0.05) is 6.92 Å². The average Bonchev–Trinajstić information content (AvgIpc) is 2.66. The molecule has 1 amide bonds. The van der Waals surface area contributed by atoms with Crippen LogP contribution in [0.4, 0.5) is 5.69 Å². The molecule has 0 spiro atoms. The van der Waals surface area contributed by atoms with Crippen LogP contribution in [0, 0.1) is 0 Å². The first-order valence-corrected chi connectivity index (χ1v) is 8.36. The topological polar surface area (TPSA) is 99.4 Å². The molecule has 8 nitrogen and oxygen atoms in total. The molecule has 0 fully saturated rings. The normalized spacial score (nSPS) is 10.8. The van der Waals surface area contributed by atoms with E-state index in [1.807, 2.05) is 6.92 Å². The maximum atomic E-state index is 12.0. The lowest BCUT2D eigenvalue weighted by Gasteiger charge is -2.05. The third kappa shape index (κ3) is 5.04. The van der Waals surface area contributed by atoms with E-state index in [0.717, 1.165) is 11.0 Å². The molecule has 0 aliphatic rings. The number of hydrogen-bond donors (Lipinski definition) is 1. The van der Waals surface area contributed by atoms with Gasteiger partial charge in [-0.15, -0.1) is 0 Å². The van der Waals surface area contributed by atoms with Gasteiger partial charge in [0, 0.05) is 32.1 Å². The van der Waals surface area contributed by atoms with Gasteiger partial charge in [-0.2, -0.15) is 0 Å². The Labute approximate surface area is 155 Å². The monoisotopic (exact) mass is 371 g/mol. The predicted molar refractivity (Wildman–Crippen MR) is 102 cm³/mol. The van der Waals surface area contributed by atoms with Crippen LogP contribution in [0.3, 0.4) is 0 Å². The average molecular weight is 371 g/mol. The minimum absolute atomic E-state index is 0.212. The van der Waals surface area contributed by atoms with Crippen molar-refractivity contribution in [3.05, 3.63) is 68.5 Å². The number of ether oxygens (including phenoxy) is 1. The van der Waals surface area contributed by atoms with Crippen LogP contribution in [0.15, 0.2) is 46.1 Å². The minimum atomic E-state index is -0.489. The number of rotatable bonds is 6. The van der Waals surface area contributed by atoms with Gasteiger partial charge in [0.2, 0.25) is 5.91 Å². The van der Waals surface area contributed by atoms with E-state index in [4.69, 9.17) is 4.74 Å². The summed E-state index contributed by atoms with van der Waals surface area (Å²) in [6.07, 6.45) is 4.65. The summed E-state index contributed by atoms with van der Waals surface area (Å²) in [7, 11) is 2.89. The van der Waals surface area contributed by atoms with Gasteiger partial charge in [-0.3, -0.25) is 14.2 Å². The predicted octanol–water partition coefficient (Wildman–Crippen LogP) is 1.30. The second kappa shape index (κ2) is 8.79. The number of esters is 1. The van der Waals surface area contributed by atoms with Crippen LogP contribution >= 0.6 is 0 Å². The van der Waals surface area contributed by atoms with E-state index >= 15 is 0 Å². The van der Waals surface area contributed by atoms with Crippen molar-refractivity contribution in [1.29, 1.82) is 0 Å². The van der Waals surface area contributed by atoms with E-state index < -0.39 is 23.1 Å². The first-order valence-electron chi connectivity index (χ1n) is 8.36. The van der Waals surface area contributed by atoms with Crippen molar-refractivity contribution in [3.63, 3.8) is 0 Å². The Balaban J connectivity index is 2.06. The van der Waals surface area contributed by atoms with E-state index in [9.17, 15) is 19.2 Å². The Hall–Kier alpha value is -3.42. The highest BCUT2D eigenvalue weighted by Crippen LogP contribution is 2.11. The van der Waals surface area contributed by atoms with Crippen molar-refractivity contribution < 1.29 is 14.3 Å². The van der Waals surface area contributed by atoms with Gasteiger partial charge in [-0.25, -0.2) is 9.59 Å². The molecule has 0 unspecified atom stereocenters. The highest BCUT2D eigenvalue weighted by Gasteiger charge is 2.07. The number of aromatic nitrogens is 2. The third-order valence-corrected chi connectivity index (χ3v) is 3.71. The molecular formula is C19H21N3O5. The molecule has 0 radical (unpaired) electrons. The van der Waals surface area contributed by atoms with Crippen molar-refractivity contribution >= 4 is 23.6 Å². The van der Waals surface area contributed by atoms with E-state index in [-0.39, 0.29) is 5.56 Å². The summed E-state index contributed by atoms with van der Waals surface area (Å²) in [5.74, 6) is -0.868. The lowest BCUT2D eigenvalue weighted by molar-refractivity contribution is -0.111. The Morgan fingerprint density at radius 3 is 2.44 bits per heavy atom. The van der Waals surface area contributed by atoms with Gasteiger partial charge in [0.05, 0.1) is 17.7 Å². The summed E-state index contributed by atoms with van der Waals surface area (Å²) < 4.78 is 7.26. The van der Waals surface area contributed by atoms with Crippen molar-refractivity contribution in [2.45, 2.75) is 13.3 Å². The number of benzene rings is 1. The molecule has 0 atom stereocenters. The lowest BCUT2D eigenvalue weighted by atomic mass is 10.2. The first kappa shape index (κ1) is 19.9. The molecule has 0 saturated heterocycles. The van der Waals surface area contributed by atoms with Crippen LogP contribution in [0.5, 0.6) is 0 Å². The number of nitrogens with zero attached hydrogens (tertiary/aromatic N) is 2. The lowest BCUT2D eigenvalue weighted by Crippen LogP contribution is -2.37. The summed E-state index contributed by atoms with van der Waals surface area (Å²) >= 11 is 0. The number of nitrogens with one attached hydrogen (secondary N) is 1. The van der Waals surface area contributed by atoms with E-state index in [1.165, 1.54) is 37.0 Å². The summed E-state index contributed by atoms with van der Waals surface area (Å²) in [6.45, 7) is 2.26. The second-order valence-corrected chi connectivity index (χ2v) is 5.88. The van der Waals surface area contributed by atoms with Gasteiger partial charge in [-0.05, 0) is 36.8 Å². The second-order valence-electron chi connectivity index (χ2n) is 5.88. The highest BCUT2D eigenvalue weighted by atomic mass is 16.5. The van der Waals surface area contributed by atoms with Crippen LogP contribution in [0.25, 0.3) is 6.08 Å². The van der Waals surface area contributed by atoms with Crippen molar-refractivity contribution in [2.24, 2.45) is 14.1 Å². The summed E-state index contributed by atoms with van der Waals surface area (Å²) in [6, 6.07) is 6.28. The van der Waals surface area contributed by atoms with Crippen LogP contribution in [0.1, 0.15) is 29.3 Å². The molecule has 2 aromatic rings. The summed E-state index contributed by atoms with van der Waals surface area (Å²) in [5.41, 5.74) is 0.163. The molecule has 0 saturated carbocycles. The number of carbonyl (C=O) groups is 2. The smallest absolute Gasteiger partial charge is 0.338 e. The maximum Gasteiger partial charge on any atom is 0.338 e. The maximum absolute atomic E-state index is 12.0. The zero-order valence-electron chi connectivity index (χ0n) is 15.4. The number of anilines is 1. The summed E-state index contributed by atoms with van der Waals surface area (Å²) in [4.78, 5) is 47.4. The van der Waals surface area contributed by atoms with Crippen molar-refractivity contribution in [1.82, 2.24) is 9.13 Å². The Bertz CT molecular complexity index is 984. The van der Waals surface area contributed by atoms with Gasteiger partial charge in [0.25, 0.3) is 5.56 Å². The zero-order valence-corrected chi connectivity index (χ0v) is 15.4. The zero-order chi connectivity index (χ0) is 20.0. The van der Waals surface area contributed by atoms with Crippen LogP contribution in [-0.4, -0.2) is 27.6 Å². The van der Waals surface area contributed by atoms with Gasteiger partial charge in [0.1, 0.15) is 0 Å². The van der Waals surface area contributed by atoms with Gasteiger partial charge < -0.3 is 14.6 Å². The molecule has 142 valence electrons. The largest absolute Gasteiger partial charge is 0.462 e. The molecule has 27 heavy (non-hydrogen) atoms. The molecule has 1 N–H and O–H groups in total. The van der Waals surface area contributed by atoms with E-state index in [1.54, 1.807) is 24.3 Å². The van der Waals surface area contributed by atoms with Crippen molar-refractivity contribution in [3.8, 4) is 0 Å². The van der Waals surface area contributed by atoms with Crippen LogP contribution in [0.2, 0.25) is 0 Å². The fourth-order valence-electron chi connectivity index (χ4n) is 2.27. The standard InChI is InChI=1S/C19H21N3O5/c1-4-11-27-18(25)13-5-8-15(9-6-13)20-16(23)10-7-14-12-21(2)19(26)22(3)17(14)24/h5-10,12H,4,11H2,1-3H3,(H,20,23)/b10-7+. The molecule has 1 aromatic heterocycles. The molecule has 0 bridgehead atoms. The molecule has 0 aliphatic heterocycles. The van der Waals surface area contributed by atoms with Crippen LogP contribution < -0.4 is 16.6 Å². The Morgan fingerprint density at radius 2 is 1.81 bits per heavy atom. The molecule has 1 heterocycles. The van der Waals surface area contributed by atoms with E-state index in [2.05, 4.69) is 5.32 Å². The quantitative estimate of drug-likeness (QED) is 0.610. The molecule has 8 heteroatoms. The highest BCUT2D eigenvalue weighted by molar-refractivity contribution is 6.02. The molecular weight excluding hydrogens is 350 g/mol. The molecule has 1 aromatic carbocycles. The SMILES string of the molecule is CCCOC(=O)c1ccc(NC(=O)/C=C/c2cn(C)c(=O)n(C)c2=O)cc1. The van der Waals surface area contributed by atoms with Crippen LogP contribution in [-0.2, 0) is 23.6 Å². The minimum Gasteiger partial charge on any atom is -0.462 e. The molecule has 0 aliphatic carbocycles. The fraction of sp³-hybridized carbons (Fsp3) is 0.263. The number of hydrogen-bond acceptors (Lipinski definition) is 5. The Morgan fingerprint density at radius 1 is 1.15 bits per heavy atom. The summed E-state index contributed by atoms with van der Waals surface area (Å²) in [5, 5.41) is 2.63. The Kier molecular flexibility index (Phi) is 6.48. The third-order valence-electron chi connectivity index (χ3n) is 3.71. The van der Waals surface area contributed by atoms with Crippen molar-refractivity contribution in [2.75, 3.05) is 11.9 Å². The number of amides is 1. The molecule has 2 rings (SSSR count). The number of carbonyl (C=O) groups excluding carboxylic acids is 2. The van der Waals surface area contributed by atoms with E-state index in [0.29, 0.717) is 17.9 Å². The number of aryl methyl sites for hydroxylation is 1.